The minimum Gasteiger partial charge on any atom is -0.372 e. The maximum absolute atomic E-state index is 12.0. The van der Waals surface area contributed by atoms with Crippen LogP contribution in [0.3, 0.4) is 0 Å². The lowest BCUT2D eigenvalue weighted by Crippen LogP contribution is -2.17. The monoisotopic (exact) mass is 324 g/mol. The van der Waals surface area contributed by atoms with E-state index < -0.39 is 12.8 Å². The van der Waals surface area contributed by atoms with Crippen molar-refractivity contribution < 1.29 is 17.9 Å². The second-order valence-electron chi connectivity index (χ2n) is 4.82. The molecule has 21 heavy (non-hydrogen) atoms. The summed E-state index contributed by atoms with van der Waals surface area (Å²) in [5.41, 5.74) is 1.07. The van der Waals surface area contributed by atoms with Crippen LogP contribution in [0.2, 0.25) is 0 Å². The predicted molar refractivity (Wildman–Crippen MR) is 78.7 cm³/mol. The molecule has 1 aromatic heterocycles. The molecule has 0 aliphatic rings. The van der Waals surface area contributed by atoms with E-state index in [-0.39, 0.29) is 6.61 Å². The molecule has 0 unspecified atom stereocenters. The summed E-state index contributed by atoms with van der Waals surface area (Å²) in [6.07, 6.45) is -0.839. The quantitative estimate of drug-likeness (QED) is 0.666. The summed E-state index contributed by atoms with van der Waals surface area (Å²) < 4.78 is 40.6. The van der Waals surface area contributed by atoms with Gasteiger partial charge in [-0.05, 0) is 19.4 Å². The van der Waals surface area contributed by atoms with Crippen molar-refractivity contribution in [2.75, 3.05) is 19.8 Å². The van der Waals surface area contributed by atoms with Crippen molar-refractivity contribution in [2.45, 2.75) is 52.3 Å². The van der Waals surface area contributed by atoms with Gasteiger partial charge in [-0.15, -0.1) is 11.3 Å². The highest BCUT2D eigenvalue weighted by atomic mass is 32.1. The Kier molecular flexibility index (Phi) is 8.21. The number of nitrogens with one attached hydrogen (secondary N) is 1. The maximum atomic E-state index is 12.0. The van der Waals surface area contributed by atoms with Crippen molar-refractivity contribution in [3.8, 4) is 0 Å². The number of rotatable bonds is 10. The average Bonchev–Trinajstić information content (AvgIpc) is 2.77. The molecule has 1 heterocycles. The van der Waals surface area contributed by atoms with E-state index >= 15 is 0 Å². The zero-order valence-electron chi connectivity index (χ0n) is 12.6. The van der Waals surface area contributed by atoms with Crippen molar-refractivity contribution in [3.05, 3.63) is 15.6 Å². The van der Waals surface area contributed by atoms with Crippen LogP contribution in [0.4, 0.5) is 13.2 Å². The predicted octanol–water partition coefficient (Wildman–Crippen LogP) is 3.72. The largest absolute Gasteiger partial charge is 0.411 e. The normalized spacial score (nSPS) is 12.0. The lowest BCUT2D eigenvalue weighted by molar-refractivity contribution is -0.173. The summed E-state index contributed by atoms with van der Waals surface area (Å²) in [5.74, 6) is 0. The fourth-order valence-corrected chi connectivity index (χ4v) is 2.91. The summed E-state index contributed by atoms with van der Waals surface area (Å²) in [5, 5.41) is 4.20. The van der Waals surface area contributed by atoms with E-state index in [2.05, 4.69) is 28.9 Å². The van der Waals surface area contributed by atoms with Crippen LogP contribution in [0, 0.1) is 0 Å². The third-order valence-corrected chi connectivity index (χ3v) is 3.91. The van der Waals surface area contributed by atoms with Gasteiger partial charge in [-0.1, -0.05) is 20.3 Å². The van der Waals surface area contributed by atoms with Crippen molar-refractivity contribution in [3.63, 3.8) is 0 Å². The molecule has 3 nitrogen and oxygen atoms in total. The van der Waals surface area contributed by atoms with Crippen molar-refractivity contribution >= 4 is 11.3 Å². The highest BCUT2D eigenvalue weighted by molar-refractivity contribution is 7.11. The Morgan fingerprint density at radius 3 is 2.57 bits per heavy atom. The van der Waals surface area contributed by atoms with E-state index in [1.807, 2.05) is 0 Å². The summed E-state index contributed by atoms with van der Waals surface area (Å²) in [7, 11) is 0. The standard InChI is InChI=1S/C14H23F3N2OS/c1-3-5-11-12(9-18-7-4-2)21-13(19-11)6-8-20-10-14(15,16)17/h18H,3-10H2,1-2H3. The molecule has 0 atom stereocenters. The molecule has 0 saturated heterocycles. The number of hydrogen-bond acceptors (Lipinski definition) is 4. The van der Waals surface area contributed by atoms with Gasteiger partial charge in [0.1, 0.15) is 6.61 Å². The topological polar surface area (TPSA) is 34.1 Å². The zero-order valence-corrected chi connectivity index (χ0v) is 13.4. The molecule has 0 spiro atoms. The van der Waals surface area contributed by atoms with E-state index in [0.717, 1.165) is 43.1 Å². The van der Waals surface area contributed by atoms with Gasteiger partial charge in [0.05, 0.1) is 17.3 Å². The Morgan fingerprint density at radius 1 is 1.19 bits per heavy atom. The SMILES string of the molecule is CCCNCc1sc(CCOCC(F)(F)F)nc1CCC. The molecule has 0 aliphatic heterocycles. The molecule has 0 amide bonds. The first-order chi connectivity index (χ1) is 9.96. The lowest BCUT2D eigenvalue weighted by atomic mass is 10.2. The first-order valence-corrected chi connectivity index (χ1v) is 8.10. The Bertz CT molecular complexity index is 407. The molecule has 1 rings (SSSR count). The van der Waals surface area contributed by atoms with Crippen molar-refractivity contribution in [2.24, 2.45) is 0 Å². The Labute approximate surface area is 127 Å². The average molecular weight is 324 g/mol. The molecular formula is C14H23F3N2OS. The Morgan fingerprint density at radius 2 is 1.95 bits per heavy atom. The van der Waals surface area contributed by atoms with Gasteiger partial charge < -0.3 is 10.1 Å². The van der Waals surface area contributed by atoms with Gasteiger partial charge in [0.25, 0.3) is 0 Å². The second kappa shape index (κ2) is 9.38. The molecule has 0 radical (unpaired) electrons. The van der Waals surface area contributed by atoms with Gasteiger partial charge in [0.15, 0.2) is 0 Å². The number of nitrogens with zero attached hydrogens (tertiary/aromatic N) is 1. The van der Waals surface area contributed by atoms with Gasteiger partial charge in [-0.3, -0.25) is 0 Å². The smallest absolute Gasteiger partial charge is 0.372 e. The minimum atomic E-state index is -4.26. The molecule has 0 bridgehead atoms. The third-order valence-electron chi connectivity index (χ3n) is 2.75. The van der Waals surface area contributed by atoms with Crippen LogP contribution in [0.25, 0.3) is 0 Å². The minimum absolute atomic E-state index is 0.0560. The highest BCUT2D eigenvalue weighted by Crippen LogP contribution is 2.21. The number of ether oxygens (including phenoxy) is 1. The fraction of sp³-hybridized carbons (Fsp3) is 0.786. The summed E-state index contributed by atoms with van der Waals surface area (Å²) in [6.45, 7) is 4.80. The van der Waals surface area contributed by atoms with Crippen LogP contribution in [0.1, 0.15) is 42.3 Å². The summed E-state index contributed by atoms with van der Waals surface area (Å²) in [4.78, 5) is 5.72. The van der Waals surface area contributed by atoms with Gasteiger partial charge in [0.2, 0.25) is 0 Å². The molecule has 0 saturated carbocycles. The highest BCUT2D eigenvalue weighted by Gasteiger charge is 2.27. The molecule has 0 aromatic carbocycles. The van der Waals surface area contributed by atoms with Crippen LogP contribution >= 0.6 is 11.3 Å². The maximum Gasteiger partial charge on any atom is 0.411 e. The molecule has 0 aliphatic carbocycles. The van der Waals surface area contributed by atoms with Crippen molar-refractivity contribution in [1.29, 1.82) is 0 Å². The zero-order chi connectivity index (χ0) is 15.7. The van der Waals surface area contributed by atoms with E-state index in [1.165, 1.54) is 4.88 Å². The first kappa shape index (κ1) is 18.4. The molecule has 1 aromatic rings. The van der Waals surface area contributed by atoms with E-state index in [0.29, 0.717) is 6.42 Å². The van der Waals surface area contributed by atoms with E-state index in [1.54, 1.807) is 11.3 Å². The Hall–Kier alpha value is -0.660. The van der Waals surface area contributed by atoms with Crippen LogP contribution in [0.5, 0.6) is 0 Å². The number of halogens is 3. The van der Waals surface area contributed by atoms with Gasteiger partial charge in [0, 0.05) is 17.8 Å². The van der Waals surface area contributed by atoms with Crippen LogP contribution in [0.15, 0.2) is 0 Å². The van der Waals surface area contributed by atoms with Crippen molar-refractivity contribution in [1.82, 2.24) is 10.3 Å². The van der Waals surface area contributed by atoms with Crippen LogP contribution in [-0.2, 0) is 24.1 Å². The van der Waals surface area contributed by atoms with Gasteiger partial charge in [-0.25, -0.2) is 4.98 Å². The van der Waals surface area contributed by atoms with Gasteiger partial charge >= 0.3 is 6.18 Å². The molecule has 1 N–H and O–H groups in total. The summed E-state index contributed by atoms with van der Waals surface area (Å²) >= 11 is 1.57. The number of alkyl halides is 3. The Balaban J connectivity index is 2.48. The van der Waals surface area contributed by atoms with Crippen LogP contribution < -0.4 is 5.32 Å². The number of hydrogen-bond donors (Lipinski definition) is 1. The third kappa shape index (κ3) is 7.78. The number of aromatic nitrogens is 1. The molecule has 0 fully saturated rings. The van der Waals surface area contributed by atoms with E-state index in [9.17, 15) is 13.2 Å². The molecule has 122 valence electrons. The fourth-order valence-electron chi connectivity index (χ4n) is 1.84. The number of aryl methyl sites for hydroxylation is 1. The molecule has 7 heteroatoms. The number of thiazole rings is 1. The first-order valence-electron chi connectivity index (χ1n) is 7.29. The second-order valence-corrected chi connectivity index (χ2v) is 5.99. The van der Waals surface area contributed by atoms with E-state index in [4.69, 9.17) is 0 Å². The lowest BCUT2D eigenvalue weighted by Gasteiger charge is -2.06. The van der Waals surface area contributed by atoms with Crippen LogP contribution in [-0.4, -0.2) is 30.9 Å². The summed E-state index contributed by atoms with van der Waals surface area (Å²) in [6, 6.07) is 0. The van der Waals surface area contributed by atoms with Gasteiger partial charge in [-0.2, -0.15) is 13.2 Å². The molecular weight excluding hydrogens is 301 g/mol.